The van der Waals surface area contributed by atoms with Gasteiger partial charge in [0.1, 0.15) is 17.3 Å². The first kappa shape index (κ1) is 36.7. The van der Waals surface area contributed by atoms with E-state index in [2.05, 4.69) is 0 Å². The SMILES string of the molecule is COc1ccc(-c2csc(C(=O)O)c2O)cc1-c1ccc(N2CCC2)nc1CN(C=O)C(C)C(O)C1(C)C=C(C(F)(F)F)C=C(C(F)(F)F)C1. The van der Waals surface area contributed by atoms with E-state index in [0.29, 0.717) is 53.8 Å². The molecule has 0 saturated carbocycles. The van der Waals surface area contributed by atoms with E-state index in [1.54, 1.807) is 30.3 Å². The molecular formula is C34H33F6N3O6S. The molecule has 0 bridgehead atoms. The van der Waals surface area contributed by atoms with Gasteiger partial charge in [0.2, 0.25) is 6.41 Å². The Morgan fingerprint density at radius 2 is 1.82 bits per heavy atom. The minimum absolute atomic E-state index is 0.0356. The third-order valence-electron chi connectivity index (χ3n) is 9.10. The molecule has 1 amide bonds. The number of nitrogens with zero attached hydrogens (tertiary/aromatic N) is 3. The topological polar surface area (TPSA) is 123 Å². The van der Waals surface area contributed by atoms with Gasteiger partial charge in [0.25, 0.3) is 0 Å². The summed E-state index contributed by atoms with van der Waals surface area (Å²) in [5.74, 6) is -0.827. The maximum Gasteiger partial charge on any atom is 0.416 e. The van der Waals surface area contributed by atoms with Gasteiger partial charge < -0.3 is 29.9 Å². The number of aliphatic hydroxyl groups excluding tert-OH is 1. The van der Waals surface area contributed by atoms with Gasteiger partial charge >= 0.3 is 18.3 Å². The fourth-order valence-electron chi connectivity index (χ4n) is 6.19. The number of aromatic nitrogens is 1. The number of aromatic carboxylic acids is 1. The van der Waals surface area contributed by atoms with Crippen molar-refractivity contribution in [3.05, 3.63) is 69.6 Å². The molecule has 9 nitrogen and oxygen atoms in total. The number of hydrogen-bond donors (Lipinski definition) is 3. The van der Waals surface area contributed by atoms with Crippen LogP contribution in [0.1, 0.15) is 42.1 Å². The maximum atomic E-state index is 13.7. The molecular weight excluding hydrogens is 692 g/mol. The number of aromatic hydroxyl groups is 1. The van der Waals surface area contributed by atoms with Gasteiger partial charge in [-0.1, -0.05) is 19.1 Å². The molecule has 1 aliphatic heterocycles. The van der Waals surface area contributed by atoms with E-state index in [-0.39, 0.29) is 28.8 Å². The molecule has 0 spiro atoms. The molecule has 2 aromatic heterocycles. The molecule has 3 atom stereocenters. The third-order valence-corrected chi connectivity index (χ3v) is 10.1. The lowest BCUT2D eigenvalue weighted by Crippen LogP contribution is -2.49. The van der Waals surface area contributed by atoms with Gasteiger partial charge in [0.15, 0.2) is 4.88 Å². The first-order chi connectivity index (χ1) is 23.4. The van der Waals surface area contributed by atoms with E-state index in [9.17, 15) is 51.3 Å². The van der Waals surface area contributed by atoms with Crippen LogP contribution in [-0.4, -0.2) is 82.3 Å². The number of allylic oxidation sites excluding steroid dienone is 3. The predicted molar refractivity (Wildman–Crippen MR) is 173 cm³/mol. The van der Waals surface area contributed by atoms with E-state index in [4.69, 9.17) is 9.72 Å². The summed E-state index contributed by atoms with van der Waals surface area (Å²) in [6.45, 7) is 3.52. The molecule has 5 rings (SSSR count). The van der Waals surface area contributed by atoms with Crippen molar-refractivity contribution in [2.24, 2.45) is 5.41 Å². The van der Waals surface area contributed by atoms with Gasteiger partial charge in [0, 0.05) is 46.1 Å². The number of rotatable bonds is 11. The number of carbonyl (C=O) groups excluding carboxylic acids is 1. The second-order valence-electron chi connectivity index (χ2n) is 12.5. The quantitative estimate of drug-likeness (QED) is 0.140. The highest BCUT2D eigenvalue weighted by Gasteiger charge is 2.49. The standard InChI is InChI=1S/C34H33F6N3O6S/c1-18(30(46)32(2)13-20(33(35,36)37)12-21(14-32)34(38,39)40)43(17-44)15-25-22(6-8-27(41-25)42-9-4-10-42)23-11-19(5-7-26(23)49-3)24-16-50-29(28(24)45)31(47)48/h5-8,11-13,16-18,30,45-46H,4,9-10,14-15H2,1-3H3,(H,47,48). The lowest BCUT2D eigenvalue weighted by atomic mass is 9.71. The van der Waals surface area contributed by atoms with Crippen molar-refractivity contribution in [3.63, 3.8) is 0 Å². The van der Waals surface area contributed by atoms with Crippen LogP contribution < -0.4 is 9.64 Å². The average Bonchev–Trinajstić information content (AvgIpc) is 3.42. The number of carboxylic acid groups (broad SMARTS) is 1. The van der Waals surface area contributed by atoms with Gasteiger partial charge in [-0.25, -0.2) is 9.78 Å². The highest BCUT2D eigenvalue weighted by atomic mass is 32.1. The lowest BCUT2D eigenvalue weighted by Gasteiger charge is -2.42. The van der Waals surface area contributed by atoms with Crippen LogP contribution >= 0.6 is 11.3 Å². The van der Waals surface area contributed by atoms with Crippen molar-refractivity contribution < 1.29 is 56.0 Å². The van der Waals surface area contributed by atoms with Crippen molar-refractivity contribution >= 4 is 29.5 Å². The Labute approximate surface area is 286 Å². The number of aliphatic hydroxyl groups is 1. The zero-order valence-corrected chi connectivity index (χ0v) is 27.8. The predicted octanol–water partition coefficient (Wildman–Crippen LogP) is 7.19. The monoisotopic (exact) mass is 725 g/mol. The number of carbonyl (C=O) groups is 2. The third kappa shape index (κ3) is 7.17. The number of pyridine rings is 1. The number of hydrogen-bond acceptors (Lipinski definition) is 8. The van der Waals surface area contributed by atoms with Crippen LogP contribution in [0.5, 0.6) is 11.5 Å². The summed E-state index contributed by atoms with van der Waals surface area (Å²) in [5, 5.41) is 32.9. The summed E-state index contributed by atoms with van der Waals surface area (Å²) >= 11 is 0.839. The fraction of sp³-hybridized carbons (Fsp3) is 0.382. The average molecular weight is 726 g/mol. The number of amides is 1. The van der Waals surface area contributed by atoms with Crippen molar-refractivity contribution in [1.29, 1.82) is 0 Å². The summed E-state index contributed by atoms with van der Waals surface area (Å²) < 4.78 is 88.1. The van der Waals surface area contributed by atoms with Crippen molar-refractivity contribution in [2.75, 3.05) is 25.1 Å². The number of methoxy groups -OCH3 is 1. The Hall–Kier alpha value is -4.57. The summed E-state index contributed by atoms with van der Waals surface area (Å²) in [7, 11) is 1.41. The lowest BCUT2D eigenvalue weighted by molar-refractivity contribution is -0.126. The largest absolute Gasteiger partial charge is 0.505 e. The minimum Gasteiger partial charge on any atom is -0.505 e. The van der Waals surface area contributed by atoms with Crippen molar-refractivity contribution in [2.45, 2.75) is 57.7 Å². The van der Waals surface area contributed by atoms with Crippen LogP contribution in [0, 0.1) is 5.41 Å². The zero-order chi connectivity index (χ0) is 36.8. The Morgan fingerprint density at radius 3 is 2.36 bits per heavy atom. The number of carboxylic acids is 1. The zero-order valence-electron chi connectivity index (χ0n) is 27.0. The minimum atomic E-state index is -5.12. The molecule has 268 valence electrons. The number of ether oxygens (including phenoxy) is 1. The van der Waals surface area contributed by atoms with Crippen LogP contribution in [0.4, 0.5) is 32.2 Å². The highest BCUT2D eigenvalue weighted by Crippen LogP contribution is 2.48. The van der Waals surface area contributed by atoms with E-state index in [0.717, 1.165) is 29.6 Å². The Morgan fingerprint density at radius 1 is 1.12 bits per heavy atom. The molecule has 0 radical (unpaired) electrons. The number of benzene rings is 1. The molecule has 1 fully saturated rings. The fourth-order valence-corrected chi connectivity index (χ4v) is 6.99. The second-order valence-corrected chi connectivity index (χ2v) is 13.3. The second kappa shape index (κ2) is 13.6. The van der Waals surface area contributed by atoms with E-state index in [1.807, 2.05) is 4.90 Å². The molecule has 50 heavy (non-hydrogen) atoms. The van der Waals surface area contributed by atoms with Crippen LogP contribution in [0.2, 0.25) is 0 Å². The molecule has 1 aromatic carbocycles. The smallest absolute Gasteiger partial charge is 0.416 e. The molecule has 3 heterocycles. The van der Waals surface area contributed by atoms with Crippen molar-refractivity contribution in [1.82, 2.24) is 9.88 Å². The molecule has 3 aromatic rings. The Bertz CT molecular complexity index is 1850. The molecule has 3 N–H and O–H groups in total. The van der Waals surface area contributed by atoms with Gasteiger partial charge in [-0.3, -0.25) is 4.79 Å². The summed E-state index contributed by atoms with van der Waals surface area (Å²) in [4.78, 5) is 31.7. The highest BCUT2D eigenvalue weighted by molar-refractivity contribution is 7.12. The molecule has 1 aliphatic carbocycles. The number of halogens is 6. The van der Waals surface area contributed by atoms with Gasteiger partial charge in [0.05, 0.1) is 37.1 Å². The van der Waals surface area contributed by atoms with E-state index >= 15 is 0 Å². The van der Waals surface area contributed by atoms with Gasteiger partial charge in [-0.2, -0.15) is 26.3 Å². The van der Waals surface area contributed by atoms with Crippen LogP contribution in [0.3, 0.4) is 0 Å². The van der Waals surface area contributed by atoms with Crippen molar-refractivity contribution in [3.8, 4) is 33.8 Å². The first-order valence-electron chi connectivity index (χ1n) is 15.3. The normalized spacial score (nSPS) is 19.2. The molecule has 3 unspecified atom stereocenters. The van der Waals surface area contributed by atoms with E-state index < -0.39 is 59.2 Å². The number of alkyl halides is 6. The first-order valence-corrected chi connectivity index (χ1v) is 16.2. The van der Waals surface area contributed by atoms with Gasteiger partial charge in [-0.15, -0.1) is 11.3 Å². The van der Waals surface area contributed by atoms with E-state index in [1.165, 1.54) is 19.4 Å². The van der Waals surface area contributed by atoms with Crippen LogP contribution in [-0.2, 0) is 11.3 Å². The van der Waals surface area contributed by atoms with Gasteiger partial charge in [-0.05, 0) is 55.7 Å². The maximum absolute atomic E-state index is 13.7. The molecule has 16 heteroatoms. The Kier molecular flexibility index (Phi) is 10.0. The summed E-state index contributed by atoms with van der Waals surface area (Å²) in [6.07, 6.45) is -11.2. The number of thiophene rings is 1. The summed E-state index contributed by atoms with van der Waals surface area (Å²) in [5.41, 5.74) is -3.25. The van der Waals surface area contributed by atoms with Crippen LogP contribution in [0.15, 0.2) is 59.0 Å². The van der Waals surface area contributed by atoms with Crippen LogP contribution in [0.25, 0.3) is 22.3 Å². The molecule has 1 saturated heterocycles. The number of anilines is 1. The molecule has 2 aliphatic rings. The summed E-state index contributed by atoms with van der Waals surface area (Å²) in [6, 6.07) is 7.03. The Balaban J connectivity index is 1.55.